The third-order valence-electron chi connectivity index (χ3n) is 2.99. The first-order chi connectivity index (χ1) is 8.05. The smallest absolute Gasteiger partial charge is 0.152 e. The zero-order chi connectivity index (χ0) is 12.3. The van der Waals surface area contributed by atoms with Crippen molar-refractivity contribution in [1.29, 1.82) is 0 Å². The molecule has 0 radical (unpaired) electrons. The average Bonchev–Trinajstić information content (AvgIpc) is 2.22. The van der Waals surface area contributed by atoms with E-state index in [0.717, 1.165) is 18.5 Å². The van der Waals surface area contributed by atoms with Crippen molar-refractivity contribution in [2.45, 2.75) is 18.9 Å². The fourth-order valence-electron chi connectivity index (χ4n) is 1.87. The number of sulfone groups is 1. The Morgan fingerprint density at radius 2 is 2.18 bits per heavy atom. The first-order valence-electron chi connectivity index (χ1n) is 5.77. The van der Waals surface area contributed by atoms with Gasteiger partial charge < -0.3 is 10.4 Å². The lowest BCUT2D eigenvalue weighted by Gasteiger charge is -2.27. The molecule has 1 aromatic carbocycles. The van der Waals surface area contributed by atoms with E-state index in [4.69, 9.17) is 0 Å². The molecule has 0 aromatic heterocycles. The fraction of sp³-hybridized carbons (Fsp3) is 0.500. The van der Waals surface area contributed by atoms with Gasteiger partial charge in [-0.25, -0.2) is 8.42 Å². The molecule has 4 nitrogen and oxygen atoms in total. The van der Waals surface area contributed by atoms with Crippen molar-refractivity contribution in [3.8, 4) is 5.75 Å². The van der Waals surface area contributed by atoms with Crippen molar-refractivity contribution in [3.05, 3.63) is 29.8 Å². The molecule has 1 aromatic rings. The molecule has 2 rings (SSSR count). The number of hydrogen-bond acceptors (Lipinski definition) is 4. The number of aryl methyl sites for hydroxylation is 1. The summed E-state index contributed by atoms with van der Waals surface area (Å²) in [5.74, 6) is 0.557. The third-order valence-corrected chi connectivity index (χ3v) is 4.73. The number of aromatic hydroxyl groups is 1. The number of rotatable bonds is 5. The molecule has 0 aliphatic carbocycles. The van der Waals surface area contributed by atoms with Gasteiger partial charge in [-0.15, -0.1) is 0 Å². The molecule has 1 aliphatic rings. The molecule has 1 unspecified atom stereocenters. The largest absolute Gasteiger partial charge is 0.508 e. The summed E-state index contributed by atoms with van der Waals surface area (Å²) in [7, 11) is -3.00. The topological polar surface area (TPSA) is 66.4 Å². The number of phenolic OH excluding ortho intramolecular Hbond substituents is 1. The molecular weight excluding hydrogens is 238 g/mol. The number of hydrogen-bond donors (Lipinski definition) is 2. The summed E-state index contributed by atoms with van der Waals surface area (Å²) in [4.78, 5) is 0. The molecule has 1 aliphatic heterocycles. The Bertz CT molecular complexity index is 480. The highest BCUT2D eigenvalue weighted by Gasteiger charge is 2.23. The first kappa shape index (κ1) is 12.4. The Hall–Kier alpha value is -1.07. The van der Waals surface area contributed by atoms with Crippen molar-refractivity contribution in [2.24, 2.45) is 0 Å². The van der Waals surface area contributed by atoms with Crippen molar-refractivity contribution in [2.75, 3.05) is 18.1 Å². The predicted molar refractivity (Wildman–Crippen MR) is 66.9 cm³/mol. The minimum atomic E-state index is -3.00. The molecule has 0 bridgehead atoms. The van der Waals surface area contributed by atoms with Crippen molar-refractivity contribution in [1.82, 2.24) is 5.32 Å². The zero-order valence-electron chi connectivity index (χ0n) is 9.59. The summed E-state index contributed by atoms with van der Waals surface area (Å²) in [5, 5.41) is 12.4. The molecule has 1 atom stereocenters. The van der Waals surface area contributed by atoms with Crippen LogP contribution in [0.2, 0.25) is 0 Å². The van der Waals surface area contributed by atoms with Crippen LogP contribution in [0.5, 0.6) is 5.75 Å². The second kappa shape index (κ2) is 5.06. The van der Waals surface area contributed by atoms with Gasteiger partial charge in [-0.05, 0) is 37.1 Å². The molecule has 1 fully saturated rings. The minimum Gasteiger partial charge on any atom is -0.508 e. The van der Waals surface area contributed by atoms with Gasteiger partial charge in [0.05, 0.1) is 11.5 Å². The van der Waals surface area contributed by atoms with Crippen molar-refractivity contribution >= 4 is 9.84 Å². The summed E-state index contributed by atoms with van der Waals surface area (Å²) in [6.45, 7) is 0.923. The Kier molecular flexibility index (Phi) is 3.69. The predicted octanol–water partition coefficient (Wildman–Crippen LogP) is 0.711. The van der Waals surface area contributed by atoms with E-state index in [2.05, 4.69) is 5.32 Å². The van der Waals surface area contributed by atoms with Crippen LogP contribution in [0.4, 0.5) is 0 Å². The maximum atomic E-state index is 11.8. The molecule has 5 heteroatoms. The summed E-state index contributed by atoms with van der Waals surface area (Å²) < 4.78 is 23.6. The van der Waals surface area contributed by atoms with Crippen LogP contribution in [-0.4, -0.2) is 37.6 Å². The molecule has 1 saturated heterocycles. The van der Waals surface area contributed by atoms with Crippen LogP contribution < -0.4 is 5.32 Å². The van der Waals surface area contributed by atoms with E-state index in [-0.39, 0.29) is 23.3 Å². The van der Waals surface area contributed by atoms with Gasteiger partial charge in [0.2, 0.25) is 0 Å². The van der Waals surface area contributed by atoms with E-state index in [1.54, 1.807) is 18.2 Å². The van der Waals surface area contributed by atoms with Gasteiger partial charge in [-0.2, -0.15) is 0 Å². The maximum absolute atomic E-state index is 11.8. The van der Waals surface area contributed by atoms with E-state index >= 15 is 0 Å². The summed E-state index contributed by atoms with van der Waals surface area (Å²) >= 11 is 0. The van der Waals surface area contributed by atoms with Gasteiger partial charge in [0, 0.05) is 6.04 Å². The molecule has 1 heterocycles. The second-order valence-electron chi connectivity index (χ2n) is 4.47. The van der Waals surface area contributed by atoms with E-state index in [1.165, 1.54) is 0 Å². The quantitative estimate of drug-likeness (QED) is 0.813. The third kappa shape index (κ3) is 3.71. The maximum Gasteiger partial charge on any atom is 0.152 e. The molecule has 0 spiro atoms. The summed E-state index contributed by atoms with van der Waals surface area (Å²) in [5.41, 5.74) is 0.857. The van der Waals surface area contributed by atoms with E-state index < -0.39 is 9.84 Å². The van der Waals surface area contributed by atoms with Gasteiger partial charge in [0.25, 0.3) is 0 Å². The van der Waals surface area contributed by atoms with Crippen LogP contribution in [0.25, 0.3) is 0 Å². The fourth-order valence-corrected chi connectivity index (χ4v) is 3.48. The number of phenols is 1. The van der Waals surface area contributed by atoms with Gasteiger partial charge >= 0.3 is 0 Å². The first-order valence-corrected chi connectivity index (χ1v) is 7.59. The Morgan fingerprint density at radius 3 is 2.76 bits per heavy atom. The standard InChI is InChI=1S/C12H17NO3S/c14-12-3-1-2-10(8-12)5-7-17(15,16)9-11-4-6-13-11/h1-3,8,11,13-14H,4-7,9H2. The monoisotopic (exact) mass is 255 g/mol. The summed E-state index contributed by atoms with van der Waals surface area (Å²) in [6.07, 6.45) is 1.41. The highest BCUT2D eigenvalue weighted by atomic mass is 32.2. The van der Waals surface area contributed by atoms with E-state index in [9.17, 15) is 13.5 Å². The van der Waals surface area contributed by atoms with Crippen LogP contribution in [0.1, 0.15) is 12.0 Å². The zero-order valence-corrected chi connectivity index (χ0v) is 10.4. The van der Waals surface area contributed by atoms with Crippen LogP contribution in [0.3, 0.4) is 0 Å². The van der Waals surface area contributed by atoms with Gasteiger partial charge in [0.1, 0.15) is 5.75 Å². The van der Waals surface area contributed by atoms with Crippen molar-refractivity contribution in [3.63, 3.8) is 0 Å². The molecular formula is C12H17NO3S. The average molecular weight is 255 g/mol. The van der Waals surface area contributed by atoms with Gasteiger partial charge in [-0.1, -0.05) is 12.1 Å². The Labute approximate surface area is 102 Å². The number of benzene rings is 1. The van der Waals surface area contributed by atoms with E-state index in [1.807, 2.05) is 6.07 Å². The Morgan fingerprint density at radius 1 is 1.41 bits per heavy atom. The SMILES string of the molecule is O=S(=O)(CCc1cccc(O)c1)CC1CCN1. The molecule has 94 valence electrons. The molecule has 17 heavy (non-hydrogen) atoms. The van der Waals surface area contributed by atoms with Crippen LogP contribution in [0.15, 0.2) is 24.3 Å². The lowest BCUT2D eigenvalue weighted by atomic mass is 10.1. The Balaban J connectivity index is 1.88. The lowest BCUT2D eigenvalue weighted by Crippen LogP contribution is -2.47. The van der Waals surface area contributed by atoms with Crippen LogP contribution >= 0.6 is 0 Å². The molecule has 0 amide bonds. The minimum absolute atomic E-state index is 0.143. The molecule has 2 N–H and O–H groups in total. The van der Waals surface area contributed by atoms with Gasteiger partial charge in [-0.3, -0.25) is 0 Å². The highest BCUT2D eigenvalue weighted by Crippen LogP contribution is 2.13. The van der Waals surface area contributed by atoms with Crippen molar-refractivity contribution < 1.29 is 13.5 Å². The van der Waals surface area contributed by atoms with Gasteiger partial charge in [0.15, 0.2) is 9.84 Å². The lowest BCUT2D eigenvalue weighted by molar-refractivity contribution is 0.398. The summed E-state index contributed by atoms with van der Waals surface area (Å²) in [6, 6.07) is 6.89. The van der Waals surface area contributed by atoms with E-state index in [0.29, 0.717) is 6.42 Å². The van der Waals surface area contributed by atoms with Crippen LogP contribution in [-0.2, 0) is 16.3 Å². The highest BCUT2D eigenvalue weighted by molar-refractivity contribution is 7.91. The second-order valence-corrected chi connectivity index (χ2v) is 6.70. The molecule has 0 saturated carbocycles. The number of nitrogens with one attached hydrogen (secondary N) is 1. The van der Waals surface area contributed by atoms with Crippen LogP contribution in [0, 0.1) is 0 Å². The normalized spacial score (nSPS) is 19.9.